The monoisotopic (exact) mass is 224 g/mol. The smallest absolute Gasteiger partial charge is 0.226 e. The molecule has 0 unspecified atom stereocenters. The van der Waals surface area contributed by atoms with Gasteiger partial charge in [0.2, 0.25) is 5.78 Å². The molecule has 0 fully saturated rings. The van der Waals surface area contributed by atoms with Crippen LogP contribution >= 0.6 is 0 Å². The molecule has 1 aliphatic carbocycles. The highest BCUT2D eigenvalue weighted by molar-refractivity contribution is 6.22. The van der Waals surface area contributed by atoms with Gasteiger partial charge in [-0.15, -0.1) is 0 Å². The van der Waals surface area contributed by atoms with E-state index >= 15 is 0 Å². The normalized spacial score (nSPS) is 30.1. The third-order valence-corrected chi connectivity index (χ3v) is 2.80. The van der Waals surface area contributed by atoms with Gasteiger partial charge in [-0.2, -0.15) is 0 Å². The van der Waals surface area contributed by atoms with E-state index in [1.165, 1.54) is 7.11 Å². The van der Waals surface area contributed by atoms with E-state index in [0.717, 1.165) is 6.08 Å². The lowest BCUT2D eigenvalue weighted by molar-refractivity contribution is -0.122. The van der Waals surface area contributed by atoms with Crippen LogP contribution in [0.1, 0.15) is 6.92 Å². The number of aliphatic hydroxyl groups excluding tert-OH is 1. The van der Waals surface area contributed by atoms with Crippen LogP contribution in [0.4, 0.5) is 0 Å². The Kier molecular flexibility index (Phi) is 2.65. The molecule has 16 heavy (non-hydrogen) atoms. The van der Waals surface area contributed by atoms with Crippen LogP contribution in [0.15, 0.2) is 23.0 Å². The SMILES string of the molecule is COC1=CC(=O)C2=C(C1=O)[C@H](O)[C@@H](C)OC2. The minimum Gasteiger partial charge on any atom is -0.493 e. The molecule has 5 heteroatoms. The van der Waals surface area contributed by atoms with Crippen LogP contribution in [0.2, 0.25) is 0 Å². The molecule has 0 saturated carbocycles. The lowest BCUT2D eigenvalue weighted by atomic mass is 9.86. The number of carbonyl (C=O) groups is 2. The van der Waals surface area contributed by atoms with E-state index in [-0.39, 0.29) is 29.3 Å². The van der Waals surface area contributed by atoms with Gasteiger partial charge in [-0.05, 0) is 6.92 Å². The predicted octanol–water partition coefficient (Wildman–Crippen LogP) is -0.255. The molecule has 0 aromatic heterocycles. The molecule has 0 aromatic rings. The van der Waals surface area contributed by atoms with Gasteiger partial charge in [0, 0.05) is 17.2 Å². The highest BCUT2D eigenvalue weighted by Gasteiger charge is 2.39. The minimum absolute atomic E-state index is 0.0306. The first-order chi connectivity index (χ1) is 7.56. The Morgan fingerprint density at radius 2 is 2.19 bits per heavy atom. The highest BCUT2D eigenvalue weighted by atomic mass is 16.5. The first kappa shape index (κ1) is 11.0. The molecule has 1 aliphatic heterocycles. The molecule has 2 aliphatic rings. The summed E-state index contributed by atoms with van der Waals surface area (Å²) in [6.45, 7) is 1.71. The van der Waals surface area contributed by atoms with Crippen LogP contribution in [-0.4, -0.2) is 42.6 Å². The first-order valence-electron chi connectivity index (χ1n) is 4.93. The summed E-state index contributed by atoms with van der Waals surface area (Å²) in [5.41, 5.74) is 0.347. The van der Waals surface area contributed by atoms with E-state index in [4.69, 9.17) is 9.47 Å². The number of Topliss-reactive ketones (excluding diaryl/α,β-unsaturated/α-hetero) is 1. The van der Waals surface area contributed by atoms with E-state index < -0.39 is 18.0 Å². The van der Waals surface area contributed by atoms with Gasteiger partial charge in [0.15, 0.2) is 11.5 Å². The van der Waals surface area contributed by atoms with Crippen LogP contribution in [-0.2, 0) is 19.1 Å². The quantitative estimate of drug-likeness (QED) is 0.621. The molecule has 0 spiro atoms. The first-order valence-corrected chi connectivity index (χ1v) is 4.93. The summed E-state index contributed by atoms with van der Waals surface area (Å²) in [5, 5.41) is 9.84. The van der Waals surface area contributed by atoms with Crippen LogP contribution in [0.3, 0.4) is 0 Å². The standard InChI is InChI=1S/C11H12O5/c1-5-10(13)9-6(4-16-5)7(12)3-8(15-2)11(9)14/h3,5,10,13H,4H2,1-2H3/t5-,10-/m1/s1. The largest absolute Gasteiger partial charge is 0.493 e. The van der Waals surface area contributed by atoms with E-state index in [9.17, 15) is 14.7 Å². The zero-order valence-corrected chi connectivity index (χ0v) is 9.02. The van der Waals surface area contributed by atoms with Gasteiger partial charge in [-0.25, -0.2) is 0 Å². The number of hydrogen-bond donors (Lipinski definition) is 1. The minimum atomic E-state index is -1.07. The van der Waals surface area contributed by atoms with Gasteiger partial charge in [0.25, 0.3) is 0 Å². The second-order valence-corrected chi connectivity index (χ2v) is 3.76. The number of ketones is 2. The predicted molar refractivity (Wildman–Crippen MR) is 53.6 cm³/mol. The molecule has 86 valence electrons. The summed E-state index contributed by atoms with van der Waals surface area (Å²) in [5.74, 6) is -0.797. The number of hydrogen-bond acceptors (Lipinski definition) is 5. The zero-order valence-electron chi connectivity index (χ0n) is 9.02. The van der Waals surface area contributed by atoms with Crippen molar-refractivity contribution < 1.29 is 24.2 Å². The average Bonchev–Trinajstić information content (AvgIpc) is 2.27. The Morgan fingerprint density at radius 3 is 2.81 bits per heavy atom. The van der Waals surface area contributed by atoms with E-state index in [1.54, 1.807) is 6.92 Å². The number of aliphatic hydroxyl groups is 1. The summed E-state index contributed by atoms with van der Waals surface area (Å²) in [4.78, 5) is 23.5. The summed E-state index contributed by atoms with van der Waals surface area (Å²) < 4.78 is 10.0. The molecule has 0 amide bonds. The Labute approximate surface area is 92.3 Å². The van der Waals surface area contributed by atoms with Gasteiger partial charge >= 0.3 is 0 Å². The Morgan fingerprint density at radius 1 is 1.50 bits per heavy atom. The topological polar surface area (TPSA) is 72.8 Å². The zero-order chi connectivity index (χ0) is 11.9. The van der Waals surface area contributed by atoms with Crippen LogP contribution in [0.5, 0.6) is 0 Å². The van der Waals surface area contributed by atoms with Gasteiger partial charge in [0.1, 0.15) is 6.10 Å². The summed E-state index contributed by atoms with van der Waals surface area (Å²) >= 11 is 0. The van der Waals surface area contributed by atoms with Crippen molar-refractivity contribution in [3.8, 4) is 0 Å². The summed E-state index contributed by atoms with van der Waals surface area (Å²) in [6.07, 6.45) is -0.432. The van der Waals surface area contributed by atoms with Crippen molar-refractivity contribution in [1.82, 2.24) is 0 Å². The summed E-state index contributed by atoms with van der Waals surface area (Å²) in [7, 11) is 1.32. The lowest BCUT2D eigenvalue weighted by Crippen LogP contribution is -2.41. The Bertz CT molecular complexity index is 418. The lowest BCUT2D eigenvalue weighted by Gasteiger charge is -2.30. The van der Waals surface area contributed by atoms with Gasteiger partial charge < -0.3 is 14.6 Å². The van der Waals surface area contributed by atoms with Gasteiger partial charge in [-0.1, -0.05) is 0 Å². The average molecular weight is 224 g/mol. The van der Waals surface area contributed by atoms with Crippen molar-refractivity contribution >= 4 is 11.6 Å². The molecule has 5 nitrogen and oxygen atoms in total. The van der Waals surface area contributed by atoms with Crippen LogP contribution in [0.25, 0.3) is 0 Å². The molecule has 0 saturated heterocycles. The molecule has 0 bridgehead atoms. The highest BCUT2D eigenvalue weighted by Crippen LogP contribution is 2.28. The number of carbonyl (C=O) groups excluding carboxylic acids is 2. The van der Waals surface area contributed by atoms with Crippen LogP contribution < -0.4 is 0 Å². The molecule has 0 aromatic carbocycles. The van der Waals surface area contributed by atoms with Crippen molar-refractivity contribution in [2.75, 3.05) is 13.7 Å². The maximum Gasteiger partial charge on any atom is 0.226 e. The third-order valence-electron chi connectivity index (χ3n) is 2.80. The second-order valence-electron chi connectivity index (χ2n) is 3.76. The second kappa shape index (κ2) is 3.84. The molecular formula is C11H12O5. The molecule has 1 N–H and O–H groups in total. The Balaban J connectivity index is 2.46. The molecule has 1 heterocycles. The van der Waals surface area contributed by atoms with Gasteiger partial charge in [0.05, 0.1) is 19.8 Å². The maximum absolute atomic E-state index is 11.9. The van der Waals surface area contributed by atoms with Crippen molar-refractivity contribution in [2.24, 2.45) is 0 Å². The fraction of sp³-hybridized carbons (Fsp3) is 0.455. The van der Waals surface area contributed by atoms with E-state index in [1.807, 2.05) is 0 Å². The van der Waals surface area contributed by atoms with Crippen molar-refractivity contribution in [2.45, 2.75) is 19.1 Å². The van der Waals surface area contributed by atoms with E-state index in [0.29, 0.717) is 0 Å². The number of allylic oxidation sites excluding steroid dienone is 2. The van der Waals surface area contributed by atoms with Crippen molar-refractivity contribution in [3.63, 3.8) is 0 Å². The van der Waals surface area contributed by atoms with Crippen molar-refractivity contribution in [3.05, 3.63) is 23.0 Å². The third kappa shape index (κ3) is 1.48. The fourth-order valence-electron chi connectivity index (χ4n) is 1.83. The van der Waals surface area contributed by atoms with Crippen LogP contribution in [0, 0.1) is 0 Å². The molecule has 2 atom stereocenters. The molecular weight excluding hydrogens is 212 g/mol. The number of methoxy groups -OCH3 is 1. The Hall–Kier alpha value is -1.46. The van der Waals surface area contributed by atoms with E-state index in [2.05, 4.69) is 0 Å². The summed E-state index contributed by atoms with van der Waals surface area (Å²) in [6, 6.07) is 0. The molecule has 0 radical (unpaired) electrons. The number of ether oxygens (including phenoxy) is 2. The van der Waals surface area contributed by atoms with Crippen molar-refractivity contribution in [1.29, 1.82) is 0 Å². The fourth-order valence-corrected chi connectivity index (χ4v) is 1.83. The maximum atomic E-state index is 11.9. The number of rotatable bonds is 1. The molecule has 2 rings (SSSR count). The van der Waals surface area contributed by atoms with Gasteiger partial charge in [-0.3, -0.25) is 9.59 Å².